The molecule has 2 rings (SSSR count). The number of carbonyl (C=O) groups excluding carboxylic acids is 1. The van der Waals surface area contributed by atoms with E-state index >= 15 is 0 Å². The van der Waals surface area contributed by atoms with Crippen molar-refractivity contribution < 1.29 is 13.9 Å². The lowest BCUT2D eigenvalue weighted by Crippen LogP contribution is -2.22. The van der Waals surface area contributed by atoms with E-state index in [0.717, 1.165) is 5.56 Å². The molecule has 4 nitrogen and oxygen atoms in total. The highest BCUT2D eigenvalue weighted by molar-refractivity contribution is 5.94. The maximum atomic E-state index is 13.0. The first-order chi connectivity index (χ1) is 9.19. The molecule has 0 atom stereocenters. The number of nitrogens with one attached hydrogen (secondary N) is 1. The Kier molecular flexibility index (Phi) is 4.07. The Morgan fingerprint density at radius 2 is 2.21 bits per heavy atom. The van der Waals surface area contributed by atoms with Crippen LogP contribution in [0.15, 0.2) is 42.6 Å². The van der Waals surface area contributed by atoms with E-state index in [0.29, 0.717) is 18.0 Å². The number of nitrogens with zero attached hydrogens (tertiary/aromatic N) is 1. The van der Waals surface area contributed by atoms with Crippen molar-refractivity contribution in [2.45, 2.75) is 6.54 Å². The number of rotatable bonds is 4. The Bertz CT molecular complexity index is 587. The molecule has 0 spiro atoms. The molecule has 0 saturated carbocycles. The van der Waals surface area contributed by atoms with Crippen molar-refractivity contribution in [3.05, 3.63) is 59.5 Å². The molecule has 0 aliphatic carbocycles. The van der Waals surface area contributed by atoms with Gasteiger partial charge in [-0.05, 0) is 29.8 Å². The van der Waals surface area contributed by atoms with Gasteiger partial charge in [0, 0.05) is 24.4 Å². The van der Waals surface area contributed by atoms with Crippen LogP contribution in [-0.2, 0) is 6.54 Å². The predicted octanol–water partition coefficient (Wildman–Crippen LogP) is 2.16. The van der Waals surface area contributed by atoms with Crippen molar-refractivity contribution in [1.82, 2.24) is 10.3 Å². The summed E-state index contributed by atoms with van der Waals surface area (Å²) in [6.45, 7) is 0.328. The third-order valence-corrected chi connectivity index (χ3v) is 2.55. The van der Waals surface area contributed by atoms with Gasteiger partial charge in [-0.25, -0.2) is 9.37 Å². The van der Waals surface area contributed by atoms with Crippen molar-refractivity contribution in [3.63, 3.8) is 0 Å². The number of aromatic nitrogens is 1. The molecule has 0 saturated heterocycles. The number of hydrogen-bond acceptors (Lipinski definition) is 3. The highest BCUT2D eigenvalue weighted by Crippen LogP contribution is 2.09. The van der Waals surface area contributed by atoms with Crippen LogP contribution >= 0.6 is 0 Å². The number of ether oxygens (including phenoxy) is 1. The summed E-state index contributed by atoms with van der Waals surface area (Å²) in [5.41, 5.74) is 1.15. The molecule has 0 bridgehead atoms. The third kappa shape index (κ3) is 3.51. The van der Waals surface area contributed by atoms with Crippen molar-refractivity contribution in [3.8, 4) is 5.88 Å². The lowest BCUT2D eigenvalue weighted by atomic mass is 10.2. The normalized spacial score (nSPS) is 10.0. The zero-order chi connectivity index (χ0) is 13.7. The van der Waals surface area contributed by atoms with Gasteiger partial charge in [-0.2, -0.15) is 0 Å². The summed E-state index contributed by atoms with van der Waals surface area (Å²) < 4.78 is 18.0. The average Bonchev–Trinajstić information content (AvgIpc) is 2.45. The molecule has 0 fully saturated rings. The number of methoxy groups -OCH3 is 1. The zero-order valence-corrected chi connectivity index (χ0v) is 10.4. The molecule has 5 heteroatoms. The Balaban J connectivity index is 2.00. The molecule has 0 radical (unpaired) electrons. The molecule has 0 aliphatic heterocycles. The molecule has 0 aliphatic rings. The summed E-state index contributed by atoms with van der Waals surface area (Å²) in [4.78, 5) is 15.8. The lowest BCUT2D eigenvalue weighted by Gasteiger charge is -2.06. The number of halogens is 1. The second-order valence-corrected chi connectivity index (χ2v) is 3.90. The topological polar surface area (TPSA) is 51.2 Å². The van der Waals surface area contributed by atoms with Gasteiger partial charge in [0.25, 0.3) is 5.91 Å². The fourth-order valence-electron chi connectivity index (χ4n) is 1.59. The minimum Gasteiger partial charge on any atom is -0.481 e. The van der Waals surface area contributed by atoms with Crippen LogP contribution in [0, 0.1) is 5.82 Å². The molecule has 0 unspecified atom stereocenters. The summed E-state index contributed by atoms with van der Waals surface area (Å²) in [6, 6.07) is 9.05. The minimum absolute atomic E-state index is 0.293. The second-order valence-electron chi connectivity index (χ2n) is 3.90. The van der Waals surface area contributed by atoms with E-state index in [1.54, 1.807) is 24.4 Å². The van der Waals surface area contributed by atoms with Crippen LogP contribution in [0.1, 0.15) is 15.9 Å². The summed E-state index contributed by atoms with van der Waals surface area (Å²) in [6.07, 6.45) is 1.60. The van der Waals surface area contributed by atoms with E-state index < -0.39 is 5.82 Å². The van der Waals surface area contributed by atoms with Crippen molar-refractivity contribution in [1.29, 1.82) is 0 Å². The summed E-state index contributed by atoms with van der Waals surface area (Å²) >= 11 is 0. The monoisotopic (exact) mass is 260 g/mol. The second kappa shape index (κ2) is 5.95. The number of amides is 1. The Morgan fingerprint density at radius 1 is 1.37 bits per heavy atom. The third-order valence-electron chi connectivity index (χ3n) is 2.55. The molecule has 1 aromatic carbocycles. The number of pyridine rings is 1. The van der Waals surface area contributed by atoms with E-state index in [4.69, 9.17) is 4.74 Å². The van der Waals surface area contributed by atoms with Crippen molar-refractivity contribution in [2.24, 2.45) is 0 Å². The fourth-order valence-corrected chi connectivity index (χ4v) is 1.59. The Morgan fingerprint density at radius 3 is 2.95 bits per heavy atom. The van der Waals surface area contributed by atoms with E-state index in [2.05, 4.69) is 10.3 Å². The Labute approximate surface area is 110 Å². The average molecular weight is 260 g/mol. The first-order valence-electron chi connectivity index (χ1n) is 5.72. The van der Waals surface area contributed by atoms with Gasteiger partial charge >= 0.3 is 0 Å². The summed E-state index contributed by atoms with van der Waals surface area (Å²) in [7, 11) is 1.53. The maximum Gasteiger partial charge on any atom is 0.251 e. The molecule has 2 aromatic rings. The summed E-state index contributed by atoms with van der Waals surface area (Å²) in [5, 5.41) is 2.70. The van der Waals surface area contributed by atoms with Gasteiger partial charge in [-0.15, -0.1) is 0 Å². The van der Waals surface area contributed by atoms with E-state index in [1.165, 1.54) is 25.3 Å². The largest absolute Gasteiger partial charge is 0.481 e. The molecule has 19 heavy (non-hydrogen) atoms. The highest BCUT2D eigenvalue weighted by Gasteiger charge is 2.06. The van der Waals surface area contributed by atoms with E-state index in [9.17, 15) is 9.18 Å². The zero-order valence-electron chi connectivity index (χ0n) is 10.4. The van der Waals surface area contributed by atoms with Crippen LogP contribution in [0.3, 0.4) is 0 Å². The van der Waals surface area contributed by atoms with E-state index in [1.807, 2.05) is 0 Å². The van der Waals surface area contributed by atoms with Gasteiger partial charge in [0.05, 0.1) is 7.11 Å². The number of benzene rings is 1. The molecule has 1 amide bonds. The van der Waals surface area contributed by atoms with Gasteiger partial charge in [0.2, 0.25) is 5.88 Å². The van der Waals surface area contributed by atoms with Crippen LogP contribution in [-0.4, -0.2) is 18.0 Å². The van der Waals surface area contributed by atoms with Gasteiger partial charge < -0.3 is 10.1 Å². The first kappa shape index (κ1) is 13.0. The smallest absolute Gasteiger partial charge is 0.251 e. The van der Waals surface area contributed by atoms with Crippen molar-refractivity contribution in [2.75, 3.05) is 7.11 Å². The first-order valence-corrected chi connectivity index (χ1v) is 5.72. The quantitative estimate of drug-likeness (QED) is 0.916. The molecule has 98 valence electrons. The van der Waals surface area contributed by atoms with Crippen molar-refractivity contribution >= 4 is 5.91 Å². The molecular weight excluding hydrogens is 247 g/mol. The maximum absolute atomic E-state index is 13.0. The fraction of sp³-hybridized carbons (Fsp3) is 0.143. The van der Waals surface area contributed by atoms with Gasteiger partial charge in [-0.1, -0.05) is 6.07 Å². The molecule has 1 aromatic heterocycles. The molecular formula is C14H13FN2O2. The van der Waals surface area contributed by atoms with Crippen LogP contribution in [0.25, 0.3) is 0 Å². The predicted molar refractivity (Wildman–Crippen MR) is 68.4 cm³/mol. The summed E-state index contributed by atoms with van der Waals surface area (Å²) in [5.74, 6) is -0.272. The highest BCUT2D eigenvalue weighted by atomic mass is 19.1. The Hall–Kier alpha value is -2.43. The van der Waals surface area contributed by atoms with Crippen LogP contribution in [0.4, 0.5) is 4.39 Å². The molecule has 1 heterocycles. The molecule has 1 N–H and O–H groups in total. The lowest BCUT2D eigenvalue weighted by molar-refractivity contribution is 0.0950. The van der Waals surface area contributed by atoms with Crippen LogP contribution in [0.5, 0.6) is 5.88 Å². The van der Waals surface area contributed by atoms with E-state index in [-0.39, 0.29) is 5.91 Å². The van der Waals surface area contributed by atoms with Gasteiger partial charge in [0.15, 0.2) is 0 Å². The van der Waals surface area contributed by atoms with Crippen LogP contribution < -0.4 is 10.1 Å². The minimum atomic E-state index is -0.432. The van der Waals surface area contributed by atoms with Gasteiger partial charge in [-0.3, -0.25) is 4.79 Å². The number of carbonyl (C=O) groups is 1. The SMILES string of the molecule is COc1cc(CNC(=O)c2cccc(F)c2)ccn1. The van der Waals surface area contributed by atoms with Gasteiger partial charge in [0.1, 0.15) is 5.82 Å². The standard InChI is InChI=1S/C14H13FN2O2/c1-19-13-7-10(5-6-16-13)9-17-14(18)11-3-2-4-12(15)8-11/h2-8H,9H2,1H3,(H,17,18). The number of hydrogen-bond donors (Lipinski definition) is 1. The van der Waals surface area contributed by atoms with Crippen LogP contribution in [0.2, 0.25) is 0 Å².